The topological polar surface area (TPSA) is 89.9 Å². The Morgan fingerprint density at radius 2 is 1.80 bits per heavy atom. The van der Waals surface area contributed by atoms with Crippen LogP contribution in [0.1, 0.15) is 31.2 Å². The highest BCUT2D eigenvalue weighted by molar-refractivity contribution is 8.17. The maximum atomic E-state index is 13.9. The van der Waals surface area contributed by atoms with Gasteiger partial charge in [0.15, 0.2) is 0 Å². The van der Waals surface area contributed by atoms with Gasteiger partial charge in [0.25, 0.3) is 5.56 Å². The zero-order valence-electron chi connectivity index (χ0n) is 18.2. The van der Waals surface area contributed by atoms with E-state index in [2.05, 4.69) is 15.0 Å². The molecule has 1 aromatic carbocycles. The minimum atomic E-state index is -4.74. The summed E-state index contributed by atoms with van der Waals surface area (Å²) in [5, 5.41) is -0.584. The van der Waals surface area contributed by atoms with Gasteiger partial charge >= 0.3 is 17.9 Å². The molecule has 1 saturated carbocycles. The van der Waals surface area contributed by atoms with E-state index >= 15 is 0 Å². The van der Waals surface area contributed by atoms with Crippen LogP contribution >= 0.6 is 10.9 Å². The van der Waals surface area contributed by atoms with Crippen molar-refractivity contribution in [1.82, 2.24) is 19.5 Å². The molecule has 188 valence electrons. The van der Waals surface area contributed by atoms with Gasteiger partial charge in [-0.1, -0.05) is 0 Å². The van der Waals surface area contributed by atoms with Crippen molar-refractivity contribution < 1.29 is 26.7 Å². The zero-order chi connectivity index (χ0) is 25.0. The molecule has 1 unspecified atom stereocenters. The Kier molecular flexibility index (Phi) is 5.85. The van der Waals surface area contributed by atoms with Gasteiger partial charge in [0.1, 0.15) is 6.10 Å². The summed E-state index contributed by atoms with van der Waals surface area (Å²) in [5.74, 6) is -2.61. The van der Waals surface area contributed by atoms with Crippen LogP contribution in [0.4, 0.5) is 22.0 Å². The number of aromatic nitrogens is 4. The van der Waals surface area contributed by atoms with Crippen LogP contribution in [0.3, 0.4) is 0 Å². The molecule has 5 rings (SSSR count). The lowest BCUT2D eigenvalue weighted by Crippen LogP contribution is -2.36. The van der Waals surface area contributed by atoms with Gasteiger partial charge in [-0.25, -0.2) is 34.4 Å². The second kappa shape index (κ2) is 8.61. The molecule has 1 aliphatic heterocycles. The van der Waals surface area contributed by atoms with E-state index in [0.717, 1.165) is 12.1 Å². The van der Waals surface area contributed by atoms with Gasteiger partial charge in [-0.05, 0) is 36.3 Å². The lowest BCUT2D eigenvalue weighted by atomic mass is 9.96. The van der Waals surface area contributed by atoms with Crippen molar-refractivity contribution in [1.29, 1.82) is 0 Å². The summed E-state index contributed by atoms with van der Waals surface area (Å²) in [4.78, 5) is 35.7. The lowest BCUT2D eigenvalue weighted by molar-refractivity contribution is -0.137. The van der Waals surface area contributed by atoms with Crippen LogP contribution in [0.2, 0.25) is 0 Å². The van der Waals surface area contributed by atoms with Gasteiger partial charge in [-0.15, -0.1) is 0 Å². The monoisotopic (exact) mass is 516 g/mol. The maximum absolute atomic E-state index is 13.9. The van der Waals surface area contributed by atoms with E-state index in [9.17, 15) is 31.5 Å². The van der Waals surface area contributed by atoms with Crippen molar-refractivity contribution in [3.8, 4) is 6.01 Å². The molecule has 0 amide bonds. The Morgan fingerprint density at radius 3 is 2.46 bits per heavy atom. The van der Waals surface area contributed by atoms with Crippen LogP contribution in [0.25, 0.3) is 10.9 Å². The molecule has 2 atom stereocenters. The first-order valence-electron chi connectivity index (χ1n) is 11.0. The standard InChI is InChI=1S/C22H21F5N4O3S/c23-21(24)4-2-14(3-5-21)35-11-13(34-19-28-6-1-7-29-19)10-31-17-15(18(32)30-20(31)33)8-12(9-16(17)35)22(25,26)27/h1,6-9,13-14,35H,2-5,10-11H2,(H,30,32,33)/t13-/m0/s1. The van der Waals surface area contributed by atoms with E-state index in [0.29, 0.717) is 0 Å². The Labute approximate surface area is 197 Å². The molecule has 2 aliphatic rings. The highest BCUT2D eigenvalue weighted by Crippen LogP contribution is 2.53. The molecule has 3 heterocycles. The summed E-state index contributed by atoms with van der Waals surface area (Å²) < 4.78 is 76.3. The van der Waals surface area contributed by atoms with Crippen LogP contribution in [-0.2, 0) is 12.7 Å². The number of benzene rings is 1. The number of alkyl halides is 5. The van der Waals surface area contributed by atoms with E-state index < -0.39 is 45.9 Å². The summed E-state index contributed by atoms with van der Waals surface area (Å²) in [6, 6.07) is 3.31. The number of hydrogen-bond acceptors (Lipinski definition) is 5. The minimum Gasteiger partial charge on any atom is -0.457 e. The Balaban J connectivity index is 1.69. The minimum absolute atomic E-state index is 0.0262. The molecule has 35 heavy (non-hydrogen) atoms. The summed E-state index contributed by atoms with van der Waals surface area (Å²) in [7, 11) is -1.51. The SMILES string of the molecule is O=c1[nH]c(=O)n2c3c(cc(C(F)(F)F)cc13)[SH](C1CCC(F)(F)CC1)C[C@@H](Oc1ncccn1)C2. The number of halogens is 5. The van der Waals surface area contributed by atoms with E-state index in [1.807, 2.05) is 0 Å². The average molecular weight is 516 g/mol. The molecule has 0 saturated heterocycles. The normalized spacial score (nSPS) is 23.7. The second-order valence-electron chi connectivity index (χ2n) is 8.77. The van der Waals surface area contributed by atoms with Crippen molar-refractivity contribution in [2.24, 2.45) is 0 Å². The first-order chi connectivity index (χ1) is 16.5. The fourth-order valence-corrected chi connectivity index (χ4v) is 8.01. The number of H-pyrrole nitrogens is 1. The van der Waals surface area contributed by atoms with E-state index in [1.165, 1.54) is 17.0 Å². The Bertz CT molecular complexity index is 1370. The van der Waals surface area contributed by atoms with E-state index in [4.69, 9.17) is 4.74 Å². The molecular formula is C22H21F5N4O3S. The van der Waals surface area contributed by atoms with E-state index in [-0.39, 0.29) is 65.0 Å². The summed E-state index contributed by atoms with van der Waals surface area (Å²) in [6.45, 7) is -0.0650. The van der Waals surface area contributed by atoms with Gasteiger partial charge in [0, 0.05) is 35.9 Å². The van der Waals surface area contributed by atoms with Gasteiger partial charge in [-0.2, -0.15) is 13.2 Å². The van der Waals surface area contributed by atoms with Crippen molar-refractivity contribution in [2.75, 3.05) is 5.75 Å². The van der Waals surface area contributed by atoms with Crippen molar-refractivity contribution in [2.45, 2.75) is 60.6 Å². The first-order valence-corrected chi connectivity index (χ1v) is 12.6. The smallest absolute Gasteiger partial charge is 0.416 e. The van der Waals surface area contributed by atoms with Crippen LogP contribution in [0.15, 0.2) is 45.1 Å². The molecule has 0 spiro atoms. The fourth-order valence-electron chi connectivity index (χ4n) is 4.80. The largest absolute Gasteiger partial charge is 0.457 e. The number of ether oxygens (including phenoxy) is 1. The van der Waals surface area contributed by atoms with Gasteiger partial charge in [0.2, 0.25) is 5.92 Å². The third kappa shape index (κ3) is 4.65. The molecule has 1 N–H and O–H groups in total. The number of nitrogens with zero attached hydrogens (tertiary/aromatic N) is 3. The highest BCUT2D eigenvalue weighted by atomic mass is 32.2. The first kappa shape index (κ1) is 23.8. The third-order valence-electron chi connectivity index (χ3n) is 6.43. The molecule has 3 aromatic rings. The average Bonchev–Trinajstić information content (AvgIpc) is 2.95. The molecule has 0 bridgehead atoms. The van der Waals surface area contributed by atoms with Gasteiger partial charge in [-0.3, -0.25) is 14.3 Å². The van der Waals surface area contributed by atoms with Crippen molar-refractivity contribution >= 4 is 21.8 Å². The maximum Gasteiger partial charge on any atom is 0.416 e. The number of rotatable bonds is 3. The third-order valence-corrected chi connectivity index (χ3v) is 9.59. The fraction of sp³-hybridized carbons (Fsp3) is 0.455. The lowest BCUT2D eigenvalue weighted by Gasteiger charge is -2.37. The van der Waals surface area contributed by atoms with Crippen molar-refractivity contribution in [3.05, 3.63) is 57.0 Å². The molecule has 2 aromatic heterocycles. The molecule has 7 nitrogen and oxygen atoms in total. The summed E-state index contributed by atoms with van der Waals surface area (Å²) >= 11 is 0. The molecular weight excluding hydrogens is 495 g/mol. The number of nitrogens with one attached hydrogen (secondary N) is 1. The van der Waals surface area contributed by atoms with E-state index in [1.54, 1.807) is 6.07 Å². The van der Waals surface area contributed by atoms with Crippen molar-refractivity contribution in [3.63, 3.8) is 0 Å². The molecule has 13 heteroatoms. The zero-order valence-corrected chi connectivity index (χ0v) is 19.1. The van der Waals surface area contributed by atoms with Crippen LogP contribution < -0.4 is 16.0 Å². The van der Waals surface area contributed by atoms with Crippen LogP contribution in [0, 0.1) is 0 Å². The molecule has 1 aliphatic carbocycles. The second-order valence-corrected chi connectivity index (χ2v) is 11.3. The molecule has 1 fully saturated rings. The predicted molar refractivity (Wildman–Crippen MR) is 120 cm³/mol. The summed E-state index contributed by atoms with van der Waals surface area (Å²) in [5.41, 5.74) is -2.62. The van der Waals surface area contributed by atoms with Gasteiger partial charge < -0.3 is 4.74 Å². The Morgan fingerprint density at radius 1 is 1.11 bits per heavy atom. The van der Waals surface area contributed by atoms with Gasteiger partial charge in [0.05, 0.1) is 23.0 Å². The van der Waals surface area contributed by atoms with Crippen LogP contribution in [-0.4, -0.2) is 42.5 Å². The number of aromatic amines is 1. The summed E-state index contributed by atoms with van der Waals surface area (Å²) in [6.07, 6.45) is -3.03. The number of hydrogen-bond donors (Lipinski definition) is 2. The molecule has 0 radical (unpaired) electrons. The Hall–Kier alpha value is -2.96. The van der Waals surface area contributed by atoms with Crippen LogP contribution in [0.5, 0.6) is 6.01 Å². The highest BCUT2D eigenvalue weighted by Gasteiger charge is 2.41. The quantitative estimate of drug-likeness (QED) is 0.407. The number of thiol groups is 1. The predicted octanol–water partition coefficient (Wildman–Crippen LogP) is 3.90.